The molecular formula is C19H27BrO3. The van der Waals surface area contributed by atoms with Crippen molar-refractivity contribution in [1.82, 2.24) is 0 Å². The van der Waals surface area contributed by atoms with Crippen molar-refractivity contribution >= 4 is 21.7 Å². The smallest absolute Gasteiger partial charge is 0.139 e. The van der Waals surface area contributed by atoms with Gasteiger partial charge in [0.05, 0.1) is 6.10 Å². The highest BCUT2D eigenvalue weighted by molar-refractivity contribution is 9.11. The van der Waals surface area contributed by atoms with Gasteiger partial charge in [-0.3, -0.25) is 4.79 Å². The standard InChI is InChI=1S/C19H27BrO3/c1-18-6-5-12-17(11(18)3-4-16(18)23)15(22)8-10-7-14(21)13(20)9-19(10,12)2/h10-12,15,17,21-22H,3-9H2,1-2H3/t10-,11+,12+,15+,17+,18+,19+/m1/s1. The maximum Gasteiger partial charge on any atom is 0.139 e. The van der Waals surface area contributed by atoms with Gasteiger partial charge in [-0.15, -0.1) is 0 Å². The van der Waals surface area contributed by atoms with Crippen LogP contribution < -0.4 is 0 Å². The third-order valence-corrected chi connectivity index (χ3v) is 8.82. The van der Waals surface area contributed by atoms with Crippen molar-refractivity contribution in [2.75, 3.05) is 0 Å². The van der Waals surface area contributed by atoms with Crippen molar-refractivity contribution in [3.05, 3.63) is 10.2 Å². The predicted molar refractivity (Wildman–Crippen MR) is 92.1 cm³/mol. The lowest BCUT2D eigenvalue weighted by Crippen LogP contribution is -2.57. The van der Waals surface area contributed by atoms with E-state index in [-0.39, 0.29) is 22.9 Å². The normalized spacial score (nSPS) is 52.9. The van der Waals surface area contributed by atoms with Crippen molar-refractivity contribution in [1.29, 1.82) is 0 Å². The largest absolute Gasteiger partial charge is 0.511 e. The Labute approximate surface area is 146 Å². The molecule has 0 heterocycles. The summed E-state index contributed by atoms with van der Waals surface area (Å²) in [5.74, 6) is 2.29. The highest BCUT2D eigenvalue weighted by Crippen LogP contribution is 2.66. The van der Waals surface area contributed by atoms with Crippen LogP contribution in [0.25, 0.3) is 0 Å². The molecule has 23 heavy (non-hydrogen) atoms. The number of Topliss-reactive ketones (excluding diaryl/α,β-unsaturated/α-hetero) is 1. The summed E-state index contributed by atoms with van der Waals surface area (Å²) >= 11 is 3.57. The van der Waals surface area contributed by atoms with Gasteiger partial charge in [-0.1, -0.05) is 29.8 Å². The van der Waals surface area contributed by atoms with Crippen LogP contribution in [0.2, 0.25) is 0 Å². The van der Waals surface area contributed by atoms with E-state index in [2.05, 4.69) is 29.8 Å². The van der Waals surface area contributed by atoms with Crippen LogP contribution in [0.15, 0.2) is 10.2 Å². The van der Waals surface area contributed by atoms with Crippen LogP contribution in [-0.2, 0) is 4.79 Å². The third-order valence-electron chi connectivity index (χ3n) is 8.08. The molecule has 128 valence electrons. The van der Waals surface area contributed by atoms with Crippen LogP contribution in [-0.4, -0.2) is 22.1 Å². The minimum absolute atomic E-state index is 0.127. The molecule has 3 saturated carbocycles. The summed E-state index contributed by atoms with van der Waals surface area (Å²) in [5.41, 5.74) is -0.0723. The van der Waals surface area contributed by atoms with Gasteiger partial charge >= 0.3 is 0 Å². The number of rotatable bonds is 0. The summed E-state index contributed by atoms with van der Waals surface area (Å²) in [6.45, 7) is 4.50. The number of aliphatic hydroxyl groups is 2. The molecule has 0 unspecified atom stereocenters. The Bertz CT molecular complexity index is 585. The molecule has 0 spiro atoms. The number of carbonyl (C=O) groups is 1. The van der Waals surface area contributed by atoms with Crippen molar-refractivity contribution in [3.8, 4) is 0 Å². The van der Waals surface area contributed by atoms with Gasteiger partial charge in [0.25, 0.3) is 0 Å². The zero-order valence-electron chi connectivity index (χ0n) is 14.0. The van der Waals surface area contributed by atoms with E-state index < -0.39 is 0 Å². The fourth-order valence-electron chi connectivity index (χ4n) is 6.67. The lowest BCUT2D eigenvalue weighted by molar-refractivity contribution is -0.157. The van der Waals surface area contributed by atoms with Gasteiger partial charge in [0.15, 0.2) is 0 Å². The van der Waals surface area contributed by atoms with Crippen molar-refractivity contribution in [3.63, 3.8) is 0 Å². The number of hydrogen-bond acceptors (Lipinski definition) is 3. The van der Waals surface area contributed by atoms with Gasteiger partial charge in [0.1, 0.15) is 11.5 Å². The minimum Gasteiger partial charge on any atom is -0.511 e. The predicted octanol–water partition coefficient (Wildman–Crippen LogP) is 4.34. The molecule has 7 atom stereocenters. The summed E-state index contributed by atoms with van der Waals surface area (Å²) < 4.78 is 0.947. The molecule has 0 aromatic carbocycles. The van der Waals surface area contributed by atoms with E-state index >= 15 is 0 Å². The van der Waals surface area contributed by atoms with Crippen LogP contribution in [0.5, 0.6) is 0 Å². The van der Waals surface area contributed by atoms with Gasteiger partial charge in [0.2, 0.25) is 0 Å². The van der Waals surface area contributed by atoms with Crippen LogP contribution >= 0.6 is 15.9 Å². The number of aliphatic hydroxyl groups excluding tert-OH is 2. The SMILES string of the molecule is C[C@]12CC(Br)=C(O)C[C@@H]1C[C@H](O)[C@@H]1[C@@H]2CC[C@]2(C)C(=O)CC[C@@H]12. The second kappa shape index (κ2) is 5.08. The molecule has 4 heteroatoms. The number of ketones is 1. The van der Waals surface area contributed by atoms with Crippen molar-refractivity contribution in [2.45, 2.75) is 64.9 Å². The fourth-order valence-corrected chi connectivity index (χ4v) is 7.43. The molecule has 0 aliphatic heterocycles. The minimum atomic E-state index is -0.321. The van der Waals surface area contributed by atoms with E-state index in [0.29, 0.717) is 42.1 Å². The van der Waals surface area contributed by atoms with E-state index in [1.807, 2.05) is 0 Å². The first-order valence-electron chi connectivity index (χ1n) is 9.05. The summed E-state index contributed by atoms with van der Waals surface area (Å²) in [5, 5.41) is 21.1. The topological polar surface area (TPSA) is 57.5 Å². The van der Waals surface area contributed by atoms with Crippen LogP contribution in [0, 0.1) is 34.5 Å². The molecule has 0 aromatic rings. The zero-order valence-corrected chi connectivity index (χ0v) is 15.6. The monoisotopic (exact) mass is 382 g/mol. The van der Waals surface area contributed by atoms with Crippen molar-refractivity contribution < 1.29 is 15.0 Å². The third kappa shape index (κ3) is 2.06. The first-order valence-corrected chi connectivity index (χ1v) is 9.84. The summed E-state index contributed by atoms with van der Waals surface area (Å²) in [6, 6.07) is 0. The lowest BCUT2D eigenvalue weighted by atomic mass is 9.45. The molecule has 4 aliphatic rings. The van der Waals surface area contributed by atoms with Crippen molar-refractivity contribution in [2.24, 2.45) is 34.5 Å². The molecule has 0 radical (unpaired) electrons. The Kier molecular flexibility index (Phi) is 3.56. The second-order valence-electron chi connectivity index (χ2n) is 8.95. The molecule has 2 N–H and O–H groups in total. The Morgan fingerprint density at radius 2 is 1.96 bits per heavy atom. The summed E-state index contributed by atoms with van der Waals surface area (Å²) in [7, 11) is 0. The lowest BCUT2D eigenvalue weighted by Gasteiger charge is -2.60. The van der Waals surface area contributed by atoms with Crippen LogP contribution in [0.1, 0.15) is 58.8 Å². The molecule has 0 bridgehead atoms. The average Bonchev–Trinajstić information content (AvgIpc) is 2.78. The number of halogens is 1. The fraction of sp³-hybridized carbons (Fsp3) is 0.842. The Morgan fingerprint density at radius 1 is 1.22 bits per heavy atom. The Balaban J connectivity index is 1.73. The molecular weight excluding hydrogens is 356 g/mol. The molecule has 0 saturated heterocycles. The first-order chi connectivity index (χ1) is 10.8. The Hall–Kier alpha value is -0.350. The maximum atomic E-state index is 12.4. The second-order valence-corrected chi connectivity index (χ2v) is 9.90. The number of carbonyl (C=O) groups excluding carboxylic acids is 1. The number of fused-ring (bicyclic) bond motifs is 5. The highest BCUT2D eigenvalue weighted by atomic mass is 79.9. The summed E-state index contributed by atoms with van der Waals surface area (Å²) in [6.07, 6.45) is 5.65. The molecule has 4 rings (SSSR count). The van der Waals surface area contributed by atoms with E-state index in [1.54, 1.807) is 0 Å². The van der Waals surface area contributed by atoms with Gasteiger partial charge in [-0.25, -0.2) is 0 Å². The summed E-state index contributed by atoms with van der Waals surface area (Å²) in [4.78, 5) is 12.4. The van der Waals surface area contributed by atoms with E-state index in [1.165, 1.54) is 0 Å². The molecule has 0 aromatic heterocycles. The van der Waals surface area contributed by atoms with Gasteiger partial charge in [-0.05, 0) is 61.2 Å². The maximum absolute atomic E-state index is 12.4. The first kappa shape index (κ1) is 16.1. The van der Waals surface area contributed by atoms with Gasteiger partial charge in [0, 0.05) is 22.7 Å². The molecule has 3 fully saturated rings. The van der Waals surface area contributed by atoms with E-state index in [0.717, 1.165) is 36.6 Å². The molecule has 4 aliphatic carbocycles. The van der Waals surface area contributed by atoms with E-state index in [4.69, 9.17) is 0 Å². The number of allylic oxidation sites excluding steroid dienone is 2. The van der Waals surface area contributed by atoms with E-state index in [9.17, 15) is 15.0 Å². The quantitative estimate of drug-likeness (QED) is 0.654. The van der Waals surface area contributed by atoms with Gasteiger partial charge in [-0.2, -0.15) is 0 Å². The highest BCUT2D eigenvalue weighted by Gasteiger charge is 2.62. The van der Waals surface area contributed by atoms with Gasteiger partial charge < -0.3 is 10.2 Å². The molecule has 0 amide bonds. The Morgan fingerprint density at radius 3 is 2.70 bits per heavy atom. The average molecular weight is 383 g/mol. The van der Waals surface area contributed by atoms with Crippen LogP contribution in [0.3, 0.4) is 0 Å². The number of hydrogen-bond donors (Lipinski definition) is 2. The molecule has 3 nitrogen and oxygen atoms in total. The zero-order chi connectivity index (χ0) is 16.6. The van der Waals surface area contributed by atoms with Crippen LogP contribution in [0.4, 0.5) is 0 Å².